The maximum atomic E-state index is 11.9. The van der Waals surface area contributed by atoms with E-state index in [1.54, 1.807) is 12.1 Å². The number of rotatable bonds is 6. The number of carbonyl (C=O) groups is 1. The summed E-state index contributed by atoms with van der Waals surface area (Å²) in [7, 11) is 0. The van der Waals surface area contributed by atoms with Crippen LogP contribution in [0.5, 0.6) is 0 Å². The summed E-state index contributed by atoms with van der Waals surface area (Å²) in [5, 5.41) is 2.90. The van der Waals surface area contributed by atoms with E-state index in [4.69, 9.17) is 4.42 Å². The average molecular weight is 392 g/mol. The lowest BCUT2D eigenvalue weighted by atomic mass is 10.2. The van der Waals surface area contributed by atoms with Crippen molar-refractivity contribution < 1.29 is 9.21 Å². The number of amides is 1. The van der Waals surface area contributed by atoms with E-state index in [0.29, 0.717) is 17.0 Å². The molecular formula is C18H22BrN3O2. The summed E-state index contributed by atoms with van der Waals surface area (Å²) < 4.78 is 5.81. The lowest BCUT2D eigenvalue weighted by Gasteiger charge is -2.34. The molecule has 1 N–H and O–H groups in total. The quantitative estimate of drug-likeness (QED) is 0.821. The van der Waals surface area contributed by atoms with Gasteiger partial charge in [-0.2, -0.15) is 0 Å². The van der Waals surface area contributed by atoms with Gasteiger partial charge in [0.2, 0.25) is 0 Å². The molecule has 0 saturated carbocycles. The van der Waals surface area contributed by atoms with Crippen molar-refractivity contribution in [2.75, 3.05) is 39.3 Å². The van der Waals surface area contributed by atoms with Crippen LogP contribution in [0.25, 0.3) is 0 Å². The molecule has 0 bridgehead atoms. The third-order valence-corrected chi connectivity index (χ3v) is 4.65. The molecule has 0 spiro atoms. The highest BCUT2D eigenvalue weighted by molar-refractivity contribution is 9.10. The van der Waals surface area contributed by atoms with Gasteiger partial charge in [-0.1, -0.05) is 30.3 Å². The molecule has 1 aromatic heterocycles. The van der Waals surface area contributed by atoms with Gasteiger partial charge in [0.05, 0.1) is 0 Å². The number of hydrogen-bond acceptors (Lipinski definition) is 4. The monoisotopic (exact) mass is 391 g/mol. The molecule has 2 heterocycles. The standard InChI is InChI=1S/C18H22BrN3O2/c19-17-7-6-16(24-17)18(23)20-8-9-21-10-12-22(13-11-21)14-15-4-2-1-3-5-15/h1-7H,8-14H2,(H,20,23). The lowest BCUT2D eigenvalue weighted by Crippen LogP contribution is -2.48. The molecule has 0 atom stereocenters. The Morgan fingerprint density at radius 1 is 1.04 bits per heavy atom. The summed E-state index contributed by atoms with van der Waals surface area (Å²) in [6.07, 6.45) is 0. The van der Waals surface area contributed by atoms with Crippen molar-refractivity contribution in [1.82, 2.24) is 15.1 Å². The van der Waals surface area contributed by atoms with Crippen LogP contribution in [0.3, 0.4) is 0 Å². The smallest absolute Gasteiger partial charge is 0.287 e. The Morgan fingerprint density at radius 2 is 1.75 bits per heavy atom. The van der Waals surface area contributed by atoms with Crippen molar-refractivity contribution in [3.8, 4) is 0 Å². The second kappa shape index (κ2) is 8.46. The molecule has 0 unspecified atom stereocenters. The normalized spacial score (nSPS) is 16.2. The Morgan fingerprint density at radius 3 is 2.42 bits per heavy atom. The fraction of sp³-hybridized carbons (Fsp3) is 0.389. The minimum absolute atomic E-state index is 0.164. The third-order valence-electron chi connectivity index (χ3n) is 4.22. The van der Waals surface area contributed by atoms with Crippen molar-refractivity contribution in [3.63, 3.8) is 0 Å². The summed E-state index contributed by atoms with van der Waals surface area (Å²) in [6, 6.07) is 14.0. The number of benzene rings is 1. The van der Waals surface area contributed by atoms with Crippen molar-refractivity contribution in [2.24, 2.45) is 0 Å². The van der Waals surface area contributed by atoms with E-state index in [1.165, 1.54) is 5.56 Å². The topological polar surface area (TPSA) is 48.7 Å². The largest absolute Gasteiger partial charge is 0.444 e. The van der Waals surface area contributed by atoms with Gasteiger partial charge in [0.25, 0.3) is 5.91 Å². The van der Waals surface area contributed by atoms with Crippen molar-refractivity contribution in [3.05, 3.63) is 58.5 Å². The average Bonchev–Trinajstić information content (AvgIpc) is 3.04. The summed E-state index contributed by atoms with van der Waals surface area (Å²) in [5.74, 6) is 0.179. The maximum Gasteiger partial charge on any atom is 0.287 e. The molecule has 24 heavy (non-hydrogen) atoms. The van der Waals surface area contributed by atoms with E-state index in [-0.39, 0.29) is 5.91 Å². The molecule has 0 aliphatic carbocycles. The zero-order valence-electron chi connectivity index (χ0n) is 13.6. The molecule has 1 amide bonds. The zero-order valence-corrected chi connectivity index (χ0v) is 15.2. The van der Waals surface area contributed by atoms with E-state index in [1.807, 2.05) is 0 Å². The Labute approximate surface area is 150 Å². The molecule has 1 aliphatic rings. The molecule has 128 valence electrons. The Kier molecular flexibility index (Phi) is 6.07. The number of nitrogens with zero attached hydrogens (tertiary/aromatic N) is 2. The minimum Gasteiger partial charge on any atom is -0.444 e. The highest BCUT2D eigenvalue weighted by Gasteiger charge is 2.17. The first-order chi connectivity index (χ1) is 11.7. The number of piperazine rings is 1. The molecule has 0 radical (unpaired) electrons. The van der Waals surface area contributed by atoms with Gasteiger partial charge in [-0.05, 0) is 33.6 Å². The van der Waals surface area contributed by atoms with Crippen LogP contribution in [0.4, 0.5) is 0 Å². The molecule has 1 fully saturated rings. The molecule has 3 rings (SSSR count). The van der Waals surface area contributed by atoms with Crippen LogP contribution in [0, 0.1) is 0 Å². The second-order valence-electron chi connectivity index (χ2n) is 5.96. The van der Waals surface area contributed by atoms with Crippen LogP contribution in [0.2, 0.25) is 0 Å². The van der Waals surface area contributed by atoms with Crippen LogP contribution in [0.15, 0.2) is 51.6 Å². The first-order valence-corrected chi connectivity index (χ1v) is 9.02. The molecule has 1 aliphatic heterocycles. The molecule has 1 saturated heterocycles. The van der Waals surface area contributed by atoms with Crippen molar-refractivity contribution >= 4 is 21.8 Å². The van der Waals surface area contributed by atoms with Crippen LogP contribution in [-0.4, -0.2) is 55.0 Å². The first kappa shape index (κ1) is 17.2. The van der Waals surface area contributed by atoms with Gasteiger partial charge >= 0.3 is 0 Å². The Bertz CT molecular complexity index is 651. The third kappa shape index (κ3) is 4.93. The fourth-order valence-electron chi connectivity index (χ4n) is 2.86. The van der Waals surface area contributed by atoms with E-state index >= 15 is 0 Å². The van der Waals surface area contributed by atoms with Crippen LogP contribution in [-0.2, 0) is 6.54 Å². The van der Waals surface area contributed by atoms with E-state index < -0.39 is 0 Å². The van der Waals surface area contributed by atoms with Gasteiger partial charge in [0, 0.05) is 45.8 Å². The first-order valence-electron chi connectivity index (χ1n) is 8.23. The van der Waals surface area contributed by atoms with Gasteiger partial charge in [-0.3, -0.25) is 14.6 Å². The zero-order chi connectivity index (χ0) is 16.8. The van der Waals surface area contributed by atoms with E-state index in [0.717, 1.165) is 39.3 Å². The molecule has 1 aromatic carbocycles. The van der Waals surface area contributed by atoms with Gasteiger partial charge in [0.15, 0.2) is 10.4 Å². The van der Waals surface area contributed by atoms with Gasteiger partial charge < -0.3 is 9.73 Å². The van der Waals surface area contributed by atoms with E-state index in [2.05, 4.69) is 61.4 Å². The van der Waals surface area contributed by atoms with Crippen LogP contribution < -0.4 is 5.32 Å². The van der Waals surface area contributed by atoms with Gasteiger partial charge in [0.1, 0.15) is 0 Å². The van der Waals surface area contributed by atoms with Crippen LogP contribution >= 0.6 is 15.9 Å². The SMILES string of the molecule is O=C(NCCN1CCN(Cc2ccccc2)CC1)c1ccc(Br)o1. The maximum absolute atomic E-state index is 11.9. The van der Waals surface area contributed by atoms with E-state index in [9.17, 15) is 4.79 Å². The molecule has 6 heteroatoms. The Balaban J connectivity index is 1.34. The summed E-state index contributed by atoms with van der Waals surface area (Å²) in [6.45, 7) is 6.72. The molecule has 5 nitrogen and oxygen atoms in total. The summed E-state index contributed by atoms with van der Waals surface area (Å²) in [4.78, 5) is 16.8. The summed E-state index contributed by atoms with van der Waals surface area (Å²) >= 11 is 3.20. The van der Waals surface area contributed by atoms with Crippen molar-refractivity contribution in [1.29, 1.82) is 0 Å². The number of furan rings is 1. The molecular weight excluding hydrogens is 370 g/mol. The second-order valence-corrected chi connectivity index (χ2v) is 6.74. The minimum atomic E-state index is -0.164. The summed E-state index contributed by atoms with van der Waals surface area (Å²) in [5.41, 5.74) is 1.36. The highest BCUT2D eigenvalue weighted by atomic mass is 79.9. The van der Waals surface area contributed by atoms with Crippen molar-refractivity contribution in [2.45, 2.75) is 6.54 Å². The number of halogens is 1. The predicted octanol–water partition coefficient (Wildman–Crippen LogP) is 2.59. The van der Waals surface area contributed by atoms with Gasteiger partial charge in [-0.25, -0.2) is 0 Å². The molecule has 2 aromatic rings. The fourth-order valence-corrected chi connectivity index (χ4v) is 3.17. The van der Waals surface area contributed by atoms with Gasteiger partial charge in [-0.15, -0.1) is 0 Å². The number of nitrogens with one attached hydrogen (secondary N) is 1. The number of carbonyl (C=O) groups excluding carboxylic acids is 1. The Hall–Kier alpha value is -1.63. The number of hydrogen-bond donors (Lipinski definition) is 1. The predicted molar refractivity (Wildman–Crippen MR) is 96.9 cm³/mol. The van der Waals surface area contributed by atoms with Crippen LogP contribution in [0.1, 0.15) is 16.1 Å². The highest BCUT2D eigenvalue weighted by Crippen LogP contribution is 2.13. The lowest BCUT2D eigenvalue weighted by molar-refractivity contribution is 0.0906.